The SMILES string of the molecule is Cc1cc2nnn(CC(=O)Nc3ccccc3Sc3ccccc3)c2cc1C. The van der Waals surface area contributed by atoms with Crippen LogP contribution in [0.5, 0.6) is 0 Å². The number of nitrogens with zero attached hydrogens (tertiary/aromatic N) is 3. The highest BCUT2D eigenvalue weighted by Crippen LogP contribution is 2.33. The van der Waals surface area contributed by atoms with Gasteiger partial charge in [-0.15, -0.1) is 5.10 Å². The average Bonchev–Trinajstić information content (AvgIpc) is 3.06. The number of anilines is 1. The second-order valence-electron chi connectivity index (χ2n) is 6.63. The number of hydrogen-bond donors (Lipinski definition) is 1. The molecule has 28 heavy (non-hydrogen) atoms. The molecule has 0 fully saturated rings. The molecule has 140 valence electrons. The van der Waals surface area contributed by atoms with Crippen molar-refractivity contribution in [1.29, 1.82) is 0 Å². The summed E-state index contributed by atoms with van der Waals surface area (Å²) in [6.07, 6.45) is 0. The normalized spacial score (nSPS) is 10.9. The molecule has 0 atom stereocenters. The predicted molar refractivity (Wildman–Crippen MR) is 113 cm³/mol. The zero-order valence-electron chi connectivity index (χ0n) is 15.7. The quantitative estimate of drug-likeness (QED) is 0.532. The summed E-state index contributed by atoms with van der Waals surface area (Å²) in [6, 6.07) is 21.9. The number of para-hydroxylation sites is 1. The van der Waals surface area contributed by atoms with E-state index in [1.165, 1.54) is 0 Å². The molecule has 0 saturated carbocycles. The first-order valence-electron chi connectivity index (χ1n) is 9.02. The number of rotatable bonds is 5. The first-order valence-corrected chi connectivity index (χ1v) is 9.84. The molecule has 4 rings (SSSR count). The summed E-state index contributed by atoms with van der Waals surface area (Å²) in [7, 11) is 0. The number of fused-ring (bicyclic) bond motifs is 1. The van der Waals surface area contributed by atoms with E-state index in [0.717, 1.165) is 37.6 Å². The third kappa shape index (κ3) is 3.92. The van der Waals surface area contributed by atoms with Crippen LogP contribution in [0.1, 0.15) is 11.1 Å². The van der Waals surface area contributed by atoms with Gasteiger partial charge in [-0.2, -0.15) is 0 Å². The van der Waals surface area contributed by atoms with E-state index in [9.17, 15) is 4.79 Å². The lowest BCUT2D eigenvalue weighted by molar-refractivity contribution is -0.116. The van der Waals surface area contributed by atoms with Gasteiger partial charge in [0, 0.05) is 9.79 Å². The van der Waals surface area contributed by atoms with Crippen molar-refractivity contribution in [2.75, 3.05) is 5.32 Å². The van der Waals surface area contributed by atoms with E-state index in [2.05, 4.69) is 27.8 Å². The standard InChI is InChI=1S/C22H20N4OS/c1-15-12-19-20(13-16(15)2)26(25-24-19)14-22(27)23-18-10-6-7-11-21(18)28-17-8-4-3-5-9-17/h3-13H,14H2,1-2H3,(H,23,27). The van der Waals surface area contributed by atoms with Crippen LogP contribution in [0.25, 0.3) is 11.0 Å². The van der Waals surface area contributed by atoms with Gasteiger partial charge in [-0.1, -0.05) is 47.3 Å². The van der Waals surface area contributed by atoms with Gasteiger partial charge >= 0.3 is 0 Å². The second kappa shape index (κ2) is 7.86. The number of nitrogens with one attached hydrogen (secondary N) is 1. The molecular weight excluding hydrogens is 368 g/mol. The molecule has 3 aromatic carbocycles. The molecule has 0 aliphatic rings. The molecule has 1 aromatic heterocycles. The topological polar surface area (TPSA) is 59.8 Å². The van der Waals surface area contributed by atoms with Crippen LogP contribution < -0.4 is 5.32 Å². The Balaban J connectivity index is 1.53. The molecule has 0 spiro atoms. The Kier molecular flexibility index (Phi) is 5.12. The fraction of sp³-hybridized carbons (Fsp3) is 0.136. The number of benzene rings is 3. The van der Waals surface area contributed by atoms with E-state index in [4.69, 9.17) is 0 Å². The average molecular weight is 388 g/mol. The molecule has 6 heteroatoms. The van der Waals surface area contributed by atoms with Crippen LogP contribution in [0.15, 0.2) is 76.5 Å². The Morgan fingerprint density at radius 1 is 1.00 bits per heavy atom. The van der Waals surface area contributed by atoms with Crippen molar-refractivity contribution < 1.29 is 4.79 Å². The molecule has 0 aliphatic carbocycles. The summed E-state index contributed by atoms with van der Waals surface area (Å²) < 4.78 is 1.64. The molecule has 0 unspecified atom stereocenters. The summed E-state index contributed by atoms with van der Waals surface area (Å²) in [5.74, 6) is -0.133. The van der Waals surface area contributed by atoms with Crippen molar-refractivity contribution >= 4 is 34.4 Å². The molecule has 0 radical (unpaired) electrons. The van der Waals surface area contributed by atoms with Gasteiger partial charge in [-0.05, 0) is 61.4 Å². The summed E-state index contributed by atoms with van der Waals surface area (Å²) in [6.45, 7) is 4.20. The minimum absolute atomic E-state index is 0.114. The van der Waals surface area contributed by atoms with Crippen LogP contribution in [0.4, 0.5) is 5.69 Å². The monoisotopic (exact) mass is 388 g/mol. The Bertz CT molecular complexity index is 1140. The zero-order chi connectivity index (χ0) is 19.5. The van der Waals surface area contributed by atoms with Gasteiger partial charge in [0.1, 0.15) is 12.1 Å². The minimum Gasteiger partial charge on any atom is -0.323 e. The van der Waals surface area contributed by atoms with Gasteiger partial charge in [0.15, 0.2) is 0 Å². The highest BCUT2D eigenvalue weighted by Gasteiger charge is 2.12. The molecule has 0 bridgehead atoms. The van der Waals surface area contributed by atoms with E-state index in [0.29, 0.717) is 0 Å². The number of carbonyl (C=O) groups is 1. The molecule has 4 aromatic rings. The number of aryl methyl sites for hydroxylation is 2. The van der Waals surface area contributed by atoms with E-state index >= 15 is 0 Å². The van der Waals surface area contributed by atoms with Crippen LogP contribution in [0, 0.1) is 13.8 Å². The number of carbonyl (C=O) groups excluding carboxylic acids is 1. The van der Waals surface area contributed by atoms with E-state index in [1.807, 2.05) is 68.4 Å². The minimum atomic E-state index is -0.133. The Morgan fingerprint density at radius 3 is 2.54 bits per heavy atom. The first-order chi connectivity index (χ1) is 13.6. The Hall–Kier alpha value is -3.12. The third-order valence-electron chi connectivity index (χ3n) is 4.55. The Labute approximate surface area is 167 Å². The van der Waals surface area contributed by atoms with Gasteiger partial charge in [0.05, 0.1) is 11.2 Å². The van der Waals surface area contributed by atoms with Crippen molar-refractivity contribution in [2.45, 2.75) is 30.2 Å². The van der Waals surface area contributed by atoms with Gasteiger partial charge < -0.3 is 5.32 Å². The van der Waals surface area contributed by atoms with Crippen LogP contribution in [-0.4, -0.2) is 20.9 Å². The second-order valence-corrected chi connectivity index (χ2v) is 7.75. The van der Waals surface area contributed by atoms with E-state index < -0.39 is 0 Å². The fourth-order valence-electron chi connectivity index (χ4n) is 2.94. The highest BCUT2D eigenvalue weighted by molar-refractivity contribution is 7.99. The smallest absolute Gasteiger partial charge is 0.246 e. The maximum atomic E-state index is 12.7. The molecule has 5 nitrogen and oxygen atoms in total. The van der Waals surface area contributed by atoms with E-state index in [1.54, 1.807) is 16.4 Å². The van der Waals surface area contributed by atoms with Crippen molar-refractivity contribution in [3.8, 4) is 0 Å². The lowest BCUT2D eigenvalue weighted by Crippen LogP contribution is -2.20. The molecule has 0 aliphatic heterocycles. The summed E-state index contributed by atoms with van der Waals surface area (Å²) in [5.41, 5.74) is 4.77. The van der Waals surface area contributed by atoms with Gasteiger partial charge in [-0.3, -0.25) is 4.79 Å². The van der Waals surface area contributed by atoms with Crippen LogP contribution in [0.2, 0.25) is 0 Å². The van der Waals surface area contributed by atoms with Crippen LogP contribution in [-0.2, 0) is 11.3 Å². The highest BCUT2D eigenvalue weighted by atomic mass is 32.2. The number of aromatic nitrogens is 3. The van der Waals surface area contributed by atoms with Gasteiger partial charge in [-0.25, -0.2) is 4.68 Å². The van der Waals surface area contributed by atoms with Crippen molar-refractivity contribution in [3.05, 3.63) is 77.9 Å². The summed E-state index contributed by atoms with van der Waals surface area (Å²) >= 11 is 1.62. The predicted octanol–water partition coefficient (Wildman–Crippen LogP) is 4.84. The zero-order valence-corrected chi connectivity index (χ0v) is 16.5. The number of amides is 1. The van der Waals surface area contributed by atoms with Crippen molar-refractivity contribution in [2.24, 2.45) is 0 Å². The van der Waals surface area contributed by atoms with Crippen LogP contribution >= 0.6 is 11.8 Å². The molecule has 0 saturated heterocycles. The lowest BCUT2D eigenvalue weighted by atomic mass is 10.1. The van der Waals surface area contributed by atoms with Gasteiger partial charge in [0.2, 0.25) is 5.91 Å². The number of hydrogen-bond acceptors (Lipinski definition) is 4. The van der Waals surface area contributed by atoms with Crippen molar-refractivity contribution in [3.63, 3.8) is 0 Å². The largest absolute Gasteiger partial charge is 0.323 e. The molecule has 1 heterocycles. The van der Waals surface area contributed by atoms with Crippen molar-refractivity contribution in [1.82, 2.24) is 15.0 Å². The fourth-order valence-corrected chi connectivity index (χ4v) is 3.86. The lowest BCUT2D eigenvalue weighted by Gasteiger charge is -2.11. The molecular formula is C22H20N4OS. The Morgan fingerprint density at radius 2 is 1.71 bits per heavy atom. The summed E-state index contributed by atoms with van der Waals surface area (Å²) in [5, 5.41) is 11.3. The van der Waals surface area contributed by atoms with Crippen LogP contribution in [0.3, 0.4) is 0 Å². The maximum Gasteiger partial charge on any atom is 0.246 e. The molecule has 1 N–H and O–H groups in total. The summed E-state index contributed by atoms with van der Waals surface area (Å²) in [4.78, 5) is 14.8. The van der Waals surface area contributed by atoms with E-state index in [-0.39, 0.29) is 12.5 Å². The van der Waals surface area contributed by atoms with Gasteiger partial charge in [0.25, 0.3) is 0 Å². The maximum absolute atomic E-state index is 12.7. The third-order valence-corrected chi connectivity index (χ3v) is 5.64. The first kappa shape index (κ1) is 18.3. The molecule has 1 amide bonds.